The maximum atomic E-state index is 6.03. The second kappa shape index (κ2) is 12.8. The Morgan fingerprint density at radius 3 is 2.36 bits per heavy atom. The molecule has 0 saturated heterocycles. The topological polar surface area (TPSA) is 9.23 Å². The molecule has 2 saturated carbocycles. The van der Waals surface area contributed by atoms with Gasteiger partial charge in [-0.3, -0.25) is 0 Å². The molecule has 0 spiro atoms. The van der Waals surface area contributed by atoms with Gasteiger partial charge in [0.1, 0.15) is 0 Å². The Kier molecular flexibility index (Phi) is 10.7. The fourth-order valence-electron chi connectivity index (χ4n) is 5.12. The Bertz CT molecular complexity index is 340. The van der Waals surface area contributed by atoms with Crippen molar-refractivity contribution >= 4 is 0 Å². The minimum atomic E-state index is 0.503. The zero-order valence-electron chi connectivity index (χ0n) is 17.2. The maximum absolute atomic E-state index is 6.03. The molecule has 2 atom stereocenters. The van der Waals surface area contributed by atoms with E-state index in [0.29, 0.717) is 6.10 Å². The SMILES string of the molecule is CCCC=CO[C@@H]1CCC[C@@H]([C@H]2CC[C@H](CCCCCCC)CC2)C1. The van der Waals surface area contributed by atoms with Crippen molar-refractivity contribution in [3.63, 3.8) is 0 Å². The molecular formula is C24H44O. The molecule has 2 rings (SSSR count). The van der Waals surface area contributed by atoms with Gasteiger partial charge in [0.25, 0.3) is 0 Å². The van der Waals surface area contributed by atoms with Crippen molar-refractivity contribution < 1.29 is 4.74 Å². The molecule has 2 aliphatic rings. The highest BCUT2D eigenvalue weighted by Crippen LogP contribution is 2.41. The van der Waals surface area contributed by atoms with Gasteiger partial charge in [0, 0.05) is 0 Å². The predicted octanol–water partition coefficient (Wildman–Crippen LogP) is 8.04. The summed E-state index contributed by atoms with van der Waals surface area (Å²) in [6.07, 6.45) is 27.3. The van der Waals surface area contributed by atoms with E-state index in [1.807, 2.05) is 6.26 Å². The van der Waals surface area contributed by atoms with Gasteiger partial charge in [-0.1, -0.05) is 71.6 Å². The molecule has 0 aromatic rings. The van der Waals surface area contributed by atoms with Crippen LogP contribution in [0.2, 0.25) is 0 Å². The molecule has 0 aliphatic heterocycles. The molecule has 146 valence electrons. The van der Waals surface area contributed by atoms with Gasteiger partial charge >= 0.3 is 0 Å². The van der Waals surface area contributed by atoms with E-state index >= 15 is 0 Å². The standard InChI is InChI=1S/C24H44O/c1-3-5-7-8-9-12-21-15-17-22(18-16-21)23-13-11-14-24(20-23)25-19-10-6-4-2/h10,19,21-24H,3-9,11-18,20H2,1-2H3/t21-,22-,23-,24-/m1/s1. The monoisotopic (exact) mass is 348 g/mol. The first kappa shape index (κ1) is 20.8. The van der Waals surface area contributed by atoms with Gasteiger partial charge in [0.15, 0.2) is 0 Å². The molecule has 0 N–H and O–H groups in total. The first-order chi connectivity index (χ1) is 12.3. The van der Waals surface area contributed by atoms with E-state index in [-0.39, 0.29) is 0 Å². The molecule has 1 heteroatoms. The van der Waals surface area contributed by atoms with Crippen LogP contribution in [0.1, 0.15) is 117 Å². The van der Waals surface area contributed by atoms with Gasteiger partial charge in [-0.25, -0.2) is 0 Å². The van der Waals surface area contributed by atoms with E-state index in [0.717, 1.165) is 24.2 Å². The summed E-state index contributed by atoms with van der Waals surface area (Å²) in [7, 11) is 0. The largest absolute Gasteiger partial charge is 0.498 e. The summed E-state index contributed by atoms with van der Waals surface area (Å²) in [5, 5.41) is 0. The van der Waals surface area contributed by atoms with Gasteiger partial charge in [-0.15, -0.1) is 0 Å². The highest BCUT2D eigenvalue weighted by atomic mass is 16.5. The van der Waals surface area contributed by atoms with E-state index in [1.165, 1.54) is 96.3 Å². The molecule has 2 aliphatic carbocycles. The molecule has 0 heterocycles. The van der Waals surface area contributed by atoms with Crippen LogP contribution in [0.5, 0.6) is 0 Å². The number of hydrogen-bond acceptors (Lipinski definition) is 1. The number of hydrogen-bond donors (Lipinski definition) is 0. The normalized spacial score (nSPS) is 30.6. The summed E-state index contributed by atoms with van der Waals surface area (Å²) in [5.41, 5.74) is 0. The second-order valence-corrected chi connectivity index (χ2v) is 8.83. The molecule has 2 fully saturated rings. The first-order valence-corrected chi connectivity index (χ1v) is 11.6. The molecule has 0 radical (unpaired) electrons. The number of rotatable bonds is 11. The van der Waals surface area contributed by atoms with E-state index < -0.39 is 0 Å². The molecule has 0 bridgehead atoms. The number of unbranched alkanes of at least 4 members (excludes halogenated alkanes) is 5. The summed E-state index contributed by atoms with van der Waals surface area (Å²) >= 11 is 0. The van der Waals surface area contributed by atoms with Crippen molar-refractivity contribution in [3.05, 3.63) is 12.3 Å². The molecule has 0 aromatic carbocycles. The fraction of sp³-hybridized carbons (Fsp3) is 0.917. The lowest BCUT2D eigenvalue weighted by atomic mass is 9.70. The van der Waals surface area contributed by atoms with E-state index in [4.69, 9.17) is 4.74 Å². The summed E-state index contributed by atoms with van der Waals surface area (Å²) in [6, 6.07) is 0. The molecule has 0 amide bonds. The van der Waals surface area contributed by atoms with Gasteiger partial charge in [0.05, 0.1) is 12.4 Å². The van der Waals surface area contributed by atoms with Gasteiger partial charge in [0.2, 0.25) is 0 Å². The Morgan fingerprint density at radius 1 is 0.800 bits per heavy atom. The lowest BCUT2D eigenvalue weighted by Gasteiger charge is -2.38. The van der Waals surface area contributed by atoms with Crippen LogP contribution in [-0.2, 0) is 4.74 Å². The zero-order valence-corrected chi connectivity index (χ0v) is 17.2. The molecule has 25 heavy (non-hydrogen) atoms. The third-order valence-corrected chi connectivity index (χ3v) is 6.76. The molecule has 0 aromatic heterocycles. The Hall–Kier alpha value is -0.460. The third kappa shape index (κ3) is 8.18. The Balaban J connectivity index is 1.61. The average Bonchev–Trinajstić information content (AvgIpc) is 2.66. The fourth-order valence-corrected chi connectivity index (χ4v) is 5.12. The Labute approximate surface area is 158 Å². The maximum Gasteiger partial charge on any atom is 0.0981 e. The zero-order chi connectivity index (χ0) is 17.7. The molecular weight excluding hydrogens is 304 g/mol. The van der Waals surface area contributed by atoms with E-state index in [2.05, 4.69) is 19.9 Å². The molecule has 0 unspecified atom stereocenters. The quantitative estimate of drug-likeness (QED) is 0.271. The third-order valence-electron chi connectivity index (χ3n) is 6.76. The summed E-state index contributed by atoms with van der Waals surface area (Å²) in [6.45, 7) is 4.53. The van der Waals surface area contributed by atoms with Crippen molar-refractivity contribution in [3.8, 4) is 0 Å². The smallest absolute Gasteiger partial charge is 0.0981 e. The van der Waals surface area contributed by atoms with Gasteiger partial charge < -0.3 is 4.74 Å². The number of allylic oxidation sites excluding steroid dienone is 1. The van der Waals surface area contributed by atoms with Crippen LogP contribution >= 0.6 is 0 Å². The van der Waals surface area contributed by atoms with Crippen molar-refractivity contribution in [1.82, 2.24) is 0 Å². The van der Waals surface area contributed by atoms with Crippen molar-refractivity contribution in [2.24, 2.45) is 17.8 Å². The number of ether oxygens (including phenoxy) is 1. The predicted molar refractivity (Wildman–Crippen MR) is 110 cm³/mol. The van der Waals surface area contributed by atoms with Crippen molar-refractivity contribution in [1.29, 1.82) is 0 Å². The van der Waals surface area contributed by atoms with E-state index in [9.17, 15) is 0 Å². The highest BCUT2D eigenvalue weighted by molar-refractivity contribution is 4.84. The van der Waals surface area contributed by atoms with Crippen LogP contribution in [0.25, 0.3) is 0 Å². The minimum Gasteiger partial charge on any atom is -0.498 e. The van der Waals surface area contributed by atoms with Crippen LogP contribution in [0.3, 0.4) is 0 Å². The average molecular weight is 349 g/mol. The molecule has 1 nitrogen and oxygen atoms in total. The lowest BCUT2D eigenvalue weighted by molar-refractivity contribution is 0.0510. The van der Waals surface area contributed by atoms with Crippen molar-refractivity contribution in [2.75, 3.05) is 0 Å². The lowest BCUT2D eigenvalue weighted by Crippen LogP contribution is -2.29. The first-order valence-electron chi connectivity index (χ1n) is 11.6. The van der Waals surface area contributed by atoms with Gasteiger partial charge in [-0.2, -0.15) is 0 Å². The Morgan fingerprint density at radius 2 is 1.60 bits per heavy atom. The summed E-state index contributed by atoms with van der Waals surface area (Å²) < 4.78 is 6.03. The van der Waals surface area contributed by atoms with Crippen LogP contribution in [0.15, 0.2) is 12.3 Å². The summed E-state index contributed by atoms with van der Waals surface area (Å²) in [4.78, 5) is 0. The van der Waals surface area contributed by atoms with Gasteiger partial charge in [-0.05, 0) is 68.8 Å². The highest BCUT2D eigenvalue weighted by Gasteiger charge is 2.31. The van der Waals surface area contributed by atoms with Crippen molar-refractivity contribution in [2.45, 2.75) is 123 Å². The van der Waals surface area contributed by atoms with Crippen LogP contribution < -0.4 is 0 Å². The van der Waals surface area contributed by atoms with Crippen LogP contribution in [-0.4, -0.2) is 6.10 Å². The second-order valence-electron chi connectivity index (χ2n) is 8.83. The summed E-state index contributed by atoms with van der Waals surface area (Å²) in [5.74, 6) is 3.00. The van der Waals surface area contributed by atoms with Crippen LogP contribution in [0.4, 0.5) is 0 Å². The van der Waals surface area contributed by atoms with E-state index in [1.54, 1.807) is 0 Å². The minimum absolute atomic E-state index is 0.503. The van der Waals surface area contributed by atoms with Crippen LogP contribution in [0, 0.1) is 17.8 Å².